The van der Waals surface area contributed by atoms with E-state index in [0.29, 0.717) is 13.1 Å². The van der Waals surface area contributed by atoms with Crippen molar-refractivity contribution in [3.05, 3.63) is 87.4 Å². The number of nitrogens with zero attached hydrogens (tertiary/aromatic N) is 2. The van der Waals surface area contributed by atoms with Crippen LogP contribution in [-0.4, -0.2) is 34.3 Å². The Morgan fingerprint density at radius 3 is 2.36 bits per heavy atom. The Morgan fingerprint density at radius 2 is 1.73 bits per heavy atom. The average Bonchev–Trinajstić information content (AvgIpc) is 3.55. The van der Waals surface area contributed by atoms with Gasteiger partial charge in [0.2, 0.25) is 5.91 Å². The summed E-state index contributed by atoms with van der Waals surface area (Å²) in [5.74, 6) is -0.435. The molecule has 1 aromatic heterocycles. The number of halogens is 1. The highest BCUT2D eigenvalue weighted by Gasteiger charge is 2.35. The van der Waals surface area contributed by atoms with Gasteiger partial charge in [-0.25, -0.2) is 9.18 Å². The number of anilines is 1. The molecular weight excluding hydrogens is 437 g/mol. The van der Waals surface area contributed by atoms with Crippen LogP contribution >= 0.6 is 11.3 Å². The molecule has 7 heteroatoms. The van der Waals surface area contributed by atoms with E-state index in [2.05, 4.69) is 5.32 Å². The van der Waals surface area contributed by atoms with E-state index in [1.807, 2.05) is 50.2 Å². The lowest BCUT2D eigenvalue weighted by Crippen LogP contribution is -2.45. The molecule has 1 aliphatic carbocycles. The molecular formula is C26H28FN3O2S. The minimum atomic E-state index is -0.307. The number of rotatable bonds is 8. The molecule has 0 bridgehead atoms. The van der Waals surface area contributed by atoms with Crippen molar-refractivity contribution < 1.29 is 14.0 Å². The number of carbonyl (C=O) groups excluding carboxylic acids is 2. The second-order valence-corrected chi connectivity index (χ2v) is 9.87. The van der Waals surface area contributed by atoms with E-state index in [4.69, 9.17) is 0 Å². The molecule has 1 saturated carbocycles. The number of hydrogen-bond donors (Lipinski definition) is 1. The van der Waals surface area contributed by atoms with Crippen molar-refractivity contribution in [3.8, 4) is 0 Å². The first-order valence-electron chi connectivity index (χ1n) is 11.1. The van der Waals surface area contributed by atoms with Crippen molar-refractivity contribution in [2.45, 2.75) is 45.8 Å². The Bertz CT molecular complexity index is 1120. The highest BCUT2D eigenvalue weighted by atomic mass is 32.1. The molecule has 0 aliphatic heterocycles. The van der Waals surface area contributed by atoms with Crippen molar-refractivity contribution >= 4 is 29.0 Å². The molecule has 33 heavy (non-hydrogen) atoms. The van der Waals surface area contributed by atoms with Crippen LogP contribution in [-0.2, 0) is 17.9 Å². The number of benzene rings is 2. The SMILES string of the molecule is Cc1ccc(CN(Cc2ccc(F)cc2)C(=O)CN(C(=O)Nc2ccccc2C)C2CC2)s1. The molecule has 3 aromatic rings. The fourth-order valence-corrected chi connectivity index (χ4v) is 4.61. The highest BCUT2D eigenvalue weighted by Crippen LogP contribution is 2.28. The molecule has 0 saturated heterocycles. The number of amides is 3. The molecule has 3 amide bonds. The van der Waals surface area contributed by atoms with Gasteiger partial charge in [0.1, 0.15) is 12.4 Å². The Morgan fingerprint density at radius 1 is 1.00 bits per heavy atom. The first-order chi connectivity index (χ1) is 15.9. The van der Waals surface area contributed by atoms with Gasteiger partial charge in [0.15, 0.2) is 0 Å². The normalized spacial score (nSPS) is 12.9. The van der Waals surface area contributed by atoms with E-state index in [1.54, 1.807) is 33.3 Å². The summed E-state index contributed by atoms with van der Waals surface area (Å²) in [7, 11) is 0. The van der Waals surface area contributed by atoms with Gasteiger partial charge in [0.05, 0.1) is 6.54 Å². The van der Waals surface area contributed by atoms with E-state index in [1.165, 1.54) is 17.0 Å². The summed E-state index contributed by atoms with van der Waals surface area (Å²) in [6, 6.07) is 17.7. The van der Waals surface area contributed by atoms with Gasteiger partial charge in [-0.3, -0.25) is 4.79 Å². The van der Waals surface area contributed by atoms with Gasteiger partial charge in [0, 0.05) is 28.0 Å². The Labute approximate surface area is 197 Å². The first-order valence-corrected chi connectivity index (χ1v) is 11.9. The van der Waals surface area contributed by atoms with Gasteiger partial charge in [-0.1, -0.05) is 30.3 Å². The Hall–Kier alpha value is -3.19. The maximum atomic E-state index is 13.4. The number of nitrogens with one attached hydrogen (secondary N) is 1. The largest absolute Gasteiger partial charge is 0.332 e. The van der Waals surface area contributed by atoms with E-state index in [-0.39, 0.29) is 30.3 Å². The maximum absolute atomic E-state index is 13.4. The maximum Gasteiger partial charge on any atom is 0.322 e. The van der Waals surface area contributed by atoms with Crippen LogP contribution in [0.1, 0.15) is 33.7 Å². The van der Waals surface area contributed by atoms with Crippen LogP contribution in [0, 0.1) is 19.7 Å². The quantitative estimate of drug-likeness (QED) is 0.462. The lowest BCUT2D eigenvalue weighted by molar-refractivity contribution is -0.133. The van der Waals surface area contributed by atoms with Crippen molar-refractivity contribution in [2.75, 3.05) is 11.9 Å². The number of urea groups is 1. The smallest absolute Gasteiger partial charge is 0.322 e. The fourth-order valence-electron chi connectivity index (χ4n) is 3.70. The summed E-state index contributed by atoms with van der Waals surface area (Å²) >= 11 is 1.65. The first kappa shape index (κ1) is 23.0. The number of hydrogen-bond acceptors (Lipinski definition) is 3. The zero-order valence-corrected chi connectivity index (χ0v) is 19.7. The van der Waals surface area contributed by atoms with Crippen LogP contribution in [0.5, 0.6) is 0 Å². The van der Waals surface area contributed by atoms with Crippen LogP contribution in [0.4, 0.5) is 14.9 Å². The minimum Gasteiger partial charge on any atom is -0.332 e. The second kappa shape index (κ2) is 10.2. The van der Waals surface area contributed by atoms with Gasteiger partial charge >= 0.3 is 6.03 Å². The molecule has 2 aromatic carbocycles. The third-order valence-corrected chi connectivity index (χ3v) is 6.71. The summed E-state index contributed by atoms with van der Waals surface area (Å²) in [6.45, 7) is 4.79. The second-order valence-electron chi connectivity index (χ2n) is 8.49. The molecule has 4 rings (SSSR count). The third kappa shape index (κ3) is 6.20. The zero-order valence-electron chi connectivity index (χ0n) is 18.9. The molecule has 1 heterocycles. The van der Waals surface area contributed by atoms with Crippen molar-refractivity contribution in [3.63, 3.8) is 0 Å². The van der Waals surface area contributed by atoms with Crippen LogP contribution in [0.2, 0.25) is 0 Å². The van der Waals surface area contributed by atoms with E-state index >= 15 is 0 Å². The standard InChI is InChI=1S/C26H28FN3O2S/c1-18-5-3-4-6-24(18)28-26(32)30(22-12-13-22)17-25(31)29(16-23-14-7-19(2)33-23)15-20-8-10-21(27)11-9-20/h3-11,14,22H,12-13,15-17H2,1-2H3,(H,28,32). The van der Waals surface area contributed by atoms with Gasteiger partial charge < -0.3 is 15.1 Å². The predicted octanol–water partition coefficient (Wildman–Crippen LogP) is 5.73. The Balaban J connectivity index is 1.50. The van der Waals surface area contributed by atoms with E-state index in [9.17, 15) is 14.0 Å². The summed E-state index contributed by atoms with van der Waals surface area (Å²) in [5, 5.41) is 2.96. The average molecular weight is 466 g/mol. The monoisotopic (exact) mass is 465 g/mol. The van der Waals surface area contributed by atoms with Crippen LogP contribution < -0.4 is 5.32 Å². The molecule has 1 N–H and O–H groups in total. The molecule has 172 valence electrons. The summed E-state index contributed by atoms with van der Waals surface area (Å²) in [5.41, 5.74) is 2.57. The van der Waals surface area contributed by atoms with Gasteiger partial charge in [-0.15, -0.1) is 11.3 Å². The number of para-hydroxylation sites is 1. The third-order valence-electron chi connectivity index (χ3n) is 5.72. The molecule has 0 radical (unpaired) electrons. The van der Waals surface area contributed by atoms with Gasteiger partial charge in [-0.2, -0.15) is 0 Å². The highest BCUT2D eigenvalue weighted by molar-refractivity contribution is 7.11. The van der Waals surface area contributed by atoms with Gasteiger partial charge in [-0.05, 0) is 68.1 Å². The van der Waals surface area contributed by atoms with Crippen molar-refractivity contribution in [2.24, 2.45) is 0 Å². The molecule has 1 aliphatic rings. The van der Waals surface area contributed by atoms with Gasteiger partial charge in [0.25, 0.3) is 0 Å². The van der Waals surface area contributed by atoms with E-state index < -0.39 is 0 Å². The minimum absolute atomic E-state index is 0.00787. The number of aryl methyl sites for hydroxylation is 2. The topological polar surface area (TPSA) is 52.7 Å². The predicted molar refractivity (Wildman–Crippen MR) is 130 cm³/mol. The van der Waals surface area contributed by atoms with Crippen LogP contribution in [0.25, 0.3) is 0 Å². The molecule has 5 nitrogen and oxygen atoms in total. The fraction of sp³-hybridized carbons (Fsp3) is 0.308. The van der Waals surface area contributed by atoms with Crippen LogP contribution in [0.3, 0.4) is 0 Å². The summed E-state index contributed by atoms with van der Waals surface area (Å²) in [4.78, 5) is 32.1. The number of thiophene rings is 1. The molecule has 0 atom stereocenters. The molecule has 1 fully saturated rings. The van der Waals surface area contributed by atoms with Crippen LogP contribution in [0.15, 0.2) is 60.7 Å². The molecule has 0 spiro atoms. The van der Waals surface area contributed by atoms with E-state index in [0.717, 1.165) is 34.5 Å². The summed E-state index contributed by atoms with van der Waals surface area (Å²) in [6.07, 6.45) is 1.80. The summed E-state index contributed by atoms with van der Waals surface area (Å²) < 4.78 is 13.4. The lowest BCUT2D eigenvalue weighted by Gasteiger charge is -2.28. The molecule has 0 unspecified atom stereocenters. The number of carbonyl (C=O) groups is 2. The van der Waals surface area contributed by atoms with Crippen molar-refractivity contribution in [1.82, 2.24) is 9.80 Å². The lowest BCUT2D eigenvalue weighted by atomic mass is 10.2. The van der Waals surface area contributed by atoms with Crippen molar-refractivity contribution in [1.29, 1.82) is 0 Å². The Kier molecular flexibility index (Phi) is 7.08. The zero-order chi connectivity index (χ0) is 23.4.